The van der Waals surface area contributed by atoms with E-state index in [0.717, 1.165) is 25.6 Å². The minimum absolute atomic E-state index is 0.445. The van der Waals surface area contributed by atoms with Crippen molar-refractivity contribution in [3.63, 3.8) is 0 Å². The molecule has 0 amide bonds. The maximum Gasteiger partial charge on any atom is 0.283 e. The summed E-state index contributed by atoms with van der Waals surface area (Å²) in [5.74, 6) is 2.45. The predicted octanol–water partition coefficient (Wildman–Crippen LogP) is 1.76. The molecule has 0 aromatic carbocycles. The number of aromatic nitrogens is 2. The van der Waals surface area contributed by atoms with E-state index in [0.29, 0.717) is 24.1 Å². The molecule has 20 heavy (non-hydrogen) atoms. The minimum Gasteiger partial charge on any atom is -0.459 e. The van der Waals surface area contributed by atoms with Crippen LogP contribution in [0.15, 0.2) is 27.2 Å². The van der Waals surface area contributed by atoms with Crippen LogP contribution in [0.25, 0.3) is 11.7 Å². The number of piperidine rings is 1. The summed E-state index contributed by atoms with van der Waals surface area (Å²) >= 11 is 0. The van der Waals surface area contributed by atoms with Crippen molar-refractivity contribution in [3.8, 4) is 11.7 Å². The molecule has 3 rings (SSSR count). The van der Waals surface area contributed by atoms with Crippen LogP contribution >= 0.6 is 0 Å². The van der Waals surface area contributed by atoms with E-state index in [2.05, 4.69) is 27.5 Å². The van der Waals surface area contributed by atoms with Gasteiger partial charge in [0.05, 0.1) is 12.8 Å². The molecule has 0 radical (unpaired) electrons. The standard InChI is InChI=1S/C14H20N4O2/c1-18(9-11-4-6-15-7-5-11)10-13-16-17-14(20-13)12-3-2-8-19-12/h2-3,8,11,15H,4-7,9-10H2,1H3. The number of rotatable bonds is 5. The van der Waals surface area contributed by atoms with Crippen molar-refractivity contribution >= 4 is 0 Å². The second-order valence-corrected chi connectivity index (χ2v) is 5.37. The van der Waals surface area contributed by atoms with Crippen LogP contribution in [0.4, 0.5) is 0 Å². The molecule has 1 N–H and O–H groups in total. The molecule has 1 aliphatic heterocycles. The van der Waals surface area contributed by atoms with Crippen molar-refractivity contribution in [1.29, 1.82) is 0 Å². The first-order valence-electron chi connectivity index (χ1n) is 7.07. The van der Waals surface area contributed by atoms with Crippen molar-refractivity contribution in [2.24, 2.45) is 5.92 Å². The highest BCUT2D eigenvalue weighted by Crippen LogP contribution is 2.19. The molecule has 2 aromatic heterocycles. The van der Waals surface area contributed by atoms with E-state index in [9.17, 15) is 0 Å². The fourth-order valence-electron chi connectivity index (χ4n) is 2.62. The van der Waals surface area contributed by atoms with Gasteiger partial charge in [-0.3, -0.25) is 4.90 Å². The molecule has 108 valence electrons. The number of nitrogens with one attached hydrogen (secondary N) is 1. The predicted molar refractivity (Wildman–Crippen MR) is 73.9 cm³/mol. The lowest BCUT2D eigenvalue weighted by Crippen LogP contribution is -2.34. The summed E-state index contributed by atoms with van der Waals surface area (Å²) in [4.78, 5) is 2.25. The highest BCUT2D eigenvalue weighted by Gasteiger charge is 2.17. The molecule has 3 heterocycles. The third kappa shape index (κ3) is 3.26. The SMILES string of the molecule is CN(Cc1nnc(-c2ccco2)o1)CC1CCNCC1. The largest absolute Gasteiger partial charge is 0.459 e. The second kappa shape index (κ2) is 6.19. The van der Waals surface area contributed by atoms with E-state index in [-0.39, 0.29) is 0 Å². The molecular formula is C14H20N4O2. The van der Waals surface area contributed by atoms with Gasteiger partial charge in [0, 0.05) is 6.54 Å². The van der Waals surface area contributed by atoms with Crippen LogP contribution in [0.1, 0.15) is 18.7 Å². The average Bonchev–Trinajstić information content (AvgIpc) is 3.10. The molecule has 2 aromatic rings. The van der Waals surface area contributed by atoms with E-state index >= 15 is 0 Å². The van der Waals surface area contributed by atoms with Gasteiger partial charge in [0.2, 0.25) is 5.89 Å². The van der Waals surface area contributed by atoms with Crippen LogP contribution in [0.3, 0.4) is 0 Å². The van der Waals surface area contributed by atoms with Gasteiger partial charge in [-0.15, -0.1) is 10.2 Å². The number of furan rings is 1. The van der Waals surface area contributed by atoms with Crippen molar-refractivity contribution < 1.29 is 8.83 Å². The Morgan fingerprint density at radius 3 is 2.95 bits per heavy atom. The second-order valence-electron chi connectivity index (χ2n) is 5.37. The summed E-state index contributed by atoms with van der Waals surface area (Å²) in [5.41, 5.74) is 0. The number of hydrogen-bond acceptors (Lipinski definition) is 6. The normalized spacial score (nSPS) is 16.9. The molecule has 1 saturated heterocycles. The molecular weight excluding hydrogens is 256 g/mol. The fourth-order valence-corrected chi connectivity index (χ4v) is 2.62. The molecule has 6 heteroatoms. The zero-order valence-electron chi connectivity index (χ0n) is 11.7. The quantitative estimate of drug-likeness (QED) is 0.897. The van der Waals surface area contributed by atoms with E-state index in [1.807, 2.05) is 12.1 Å². The van der Waals surface area contributed by atoms with Crippen molar-refractivity contribution in [2.45, 2.75) is 19.4 Å². The van der Waals surface area contributed by atoms with Gasteiger partial charge >= 0.3 is 0 Å². The Labute approximate surface area is 118 Å². The smallest absolute Gasteiger partial charge is 0.283 e. The molecule has 1 fully saturated rings. The van der Waals surface area contributed by atoms with Gasteiger partial charge in [-0.05, 0) is 51.0 Å². The van der Waals surface area contributed by atoms with Crippen LogP contribution in [-0.4, -0.2) is 41.8 Å². The van der Waals surface area contributed by atoms with Crippen LogP contribution in [0.5, 0.6) is 0 Å². The zero-order chi connectivity index (χ0) is 13.8. The molecule has 0 bridgehead atoms. The molecule has 0 atom stereocenters. The topological polar surface area (TPSA) is 67.3 Å². The molecule has 0 saturated carbocycles. The van der Waals surface area contributed by atoms with E-state index in [1.54, 1.807) is 6.26 Å². The summed E-state index contributed by atoms with van der Waals surface area (Å²) in [6.45, 7) is 4.00. The Morgan fingerprint density at radius 1 is 1.35 bits per heavy atom. The van der Waals surface area contributed by atoms with Crippen molar-refractivity contribution in [1.82, 2.24) is 20.4 Å². The van der Waals surface area contributed by atoms with Gasteiger partial charge in [0.15, 0.2) is 5.76 Å². The maximum atomic E-state index is 5.62. The first kappa shape index (κ1) is 13.3. The molecule has 1 aliphatic rings. The summed E-state index contributed by atoms with van der Waals surface area (Å²) in [5, 5.41) is 11.5. The van der Waals surface area contributed by atoms with E-state index < -0.39 is 0 Å². The van der Waals surface area contributed by atoms with Gasteiger partial charge in [0.1, 0.15) is 0 Å². The number of hydrogen-bond donors (Lipinski definition) is 1. The van der Waals surface area contributed by atoms with Crippen molar-refractivity contribution in [3.05, 3.63) is 24.3 Å². The summed E-state index contributed by atoms with van der Waals surface area (Å²) in [6, 6.07) is 3.62. The maximum absolute atomic E-state index is 5.62. The average molecular weight is 276 g/mol. The lowest BCUT2D eigenvalue weighted by molar-refractivity contribution is 0.218. The Bertz CT molecular complexity index is 517. The van der Waals surface area contributed by atoms with Gasteiger partial charge in [-0.1, -0.05) is 0 Å². The first-order chi connectivity index (χ1) is 9.81. The Morgan fingerprint density at radius 2 is 2.20 bits per heavy atom. The Balaban J connectivity index is 1.54. The lowest BCUT2D eigenvalue weighted by atomic mass is 9.98. The fraction of sp³-hybridized carbons (Fsp3) is 0.571. The van der Waals surface area contributed by atoms with Crippen LogP contribution in [0.2, 0.25) is 0 Å². The molecule has 0 spiro atoms. The van der Waals surface area contributed by atoms with Crippen LogP contribution in [0, 0.1) is 5.92 Å². The van der Waals surface area contributed by atoms with E-state index in [4.69, 9.17) is 8.83 Å². The molecule has 0 unspecified atom stereocenters. The van der Waals surface area contributed by atoms with Crippen LogP contribution in [-0.2, 0) is 6.54 Å². The Hall–Kier alpha value is -1.66. The summed E-state index contributed by atoms with van der Waals surface area (Å²) < 4.78 is 10.9. The molecule has 6 nitrogen and oxygen atoms in total. The summed E-state index contributed by atoms with van der Waals surface area (Å²) in [7, 11) is 2.10. The van der Waals surface area contributed by atoms with Gasteiger partial charge in [0.25, 0.3) is 5.89 Å². The van der Waals surface area contributed by atoms with Crippen molar-refractivity contribution in [2.75, 3.05) is 26.7 Å². The highest BCUT2D eigenvalue weighted by molar-refractivity contribution is 5.42. The summed E-state index contributed by atoms with van der Waals surface area (Å²) in [6.07, 6.45) is 4.08. The van der Waals surface area contributed by atoms with E-state index in [1.165, 1.54) is 12.8 Å². The third-order valence-electron chi connectivity index (χ3n) is 3.63. The van der Waals surface area contributed by atoms with Gasteiger partial charge in [-0.2, -0.15) is 0 Å². The minimum atomic E-state index is 0.445. The Kier molecular flexibility index (Phi) is 4.13. The third-order valence-corrected chi connectivity index (χ3v) is 3.63. The number of nitrogens with zero attached hydrogens (tertiary/aromatic N) is 3. The monoisotopic (exact) mass is 276 g/mol. The first-order valence-corrected chi connectivity index (χ1v) is 7.07. The lowest BCUT2D eigenvalue weighted by Gasteiger charge is -2.26. The van der Waals surface area contributed by atoms with Gasteiger partial charge < -0.3 is 14.2 Å². The molecule has 0 aliphatic carbocycles. The van der Waals surface area contributed by atoms with Crippen LogP contribution < -0.4 is 5.32 Å². The van der Waals surface area contributed by atoms with Gasteiger partial charge in [-0.25, -0.2) is 0 Å². The highest BCUT2D eigenvalue weighted by atomic mass is 16.4. The zero-order valence-corrected chi connectivity index (χ0v) is 11.7.